The SMILES string of the molecule is O=C(c1cc2c(s1)CCC2)N1CCN(c2ccc3ccccc3n2)CC1. The molecule has 1 amide bonds. The van der Waals surface area contributed by atoms with Gasteiger partial charge in [-0.15, -0.1) is 11.3 Å². The highest BCUT2D eigenvalue weighted by molar-refractivity contribution is 7.14. The molecule has 132 valence electrons. The van der Waals surface area contributed by atoms with Gasteiger partial charge in [0, 0.05) is 36.4 Å². The molecule has 3 aromatic rings. The normalized spacial score (nSPS) is 16.9. The lowest BCUT2D eigenvalue weighted by Gasteiger charge is -2.35. The smallest absolute Gasteiger partial charge is 0.264 e. The molecule has 0 radical (unpaired) electrons. The third-order valence-corrected chi connectivity index (χ3v) is 6.66. The zero-order valence-electron chi connectivity index (χ0n) is 14.6. The third kappa shape index (κ3) is 2.76. The fourth-order valence-corrected chi connectivity index (χ4v) is 5.18. The molecule has 2 aromatic heterocycles. The Hall–Kier alpha value is -2.40. The maximum absolute atomic E-state index is 12.8. The Morgan fingerprint density at radius 1 is 1.00 bits per heavy atom. The molecule has 2 aliphatic rings. The minimum absolute atomic E-state index is 0.204. The lowest BCUT2D eigenvalue weighted by atomic mass is 10.2. The first kappa shape index (κ1) is 15.8. The molecule has 1 fully saturated rings. The van der Waals surface area contributed by atoms with Crippen LogP contribution in [0.15, 0.2) is 42.5 Å². The summed E-state index contributed by atoms with van der Waals surface area (Å²) < 4.78 is 0. The average molecular weight is 363 g/mol. The van der Waals surface area contributed by atoms with E-state index < -0.39 is 0 Å². The zero-order chi connectivity index (χ0) is 17.5. The summed E-state index contributed by atoms with van der Waals surface area (Å²) in [5.74, 6) is 1.21. The number of piperazine rings is 1. The molecular formula is C21H21N3OS. The van der Waals surface area contributed by atoms with E-state index in [1.807, 2.05) is 17.0 Å². The van der Waals surface area contributed by atoms with Crippen LogP contribution in [0.1, 0.15) is 26.5 Å². The van der Waals surface area contributed by atoms with E-state index in [4.69, 9.17) is 4.98 Å². The number of anilines is 1. The van der Waals surface area contributed by atoms with E-state index in [0.717, 1.165) is 60.6 Å². The highest BCUT2D eigenvalue weighted by Gasteiger charge is 2.26. The summed E-state index contributed by atoms with van der Waals surface area (Å²) in [5, 5.41) is 1.16. The van der Waals surface area contributed by atoms with Gasteiger partial charge in [-0.3, -0.25) is 4.79 Å². The predicted octanol–water partition coefficient (Wildman–Crippen LogP) is 3.75. The van der Waals surface area contributed by atoms with Crippen LogP contribution >= 0.6 is 11.3 Å². The number of rotatable bonds is 2. The van der Waals surface area contributed by atoms with Crippen molar-refractivity contribution in [2.75, 3.05) is 31.1 Å². The van der Waals surface area contributed by atoms with Gasteiger partial charge < -0.3 is 9.80 Å². The van der Waals surface area contributed by atoms with E-state index in [9.17, 15) is 4.79 Å². The monoisotopic (exact) mass is 363 g/mol. The number of fused-ring (bicyclic) bond motifs is 2. The van der Waals surface area contributed by atoms with Gasteiger partial charge in [-0.05, 0) is 49.1 Å². The lowest BCUT2D eigenvalue weighted by molar-refractivity contribution is 0.0751. The molecule has 4 nitrogen and oxygen atoms in total. The standard InChI is InChI=1S/C21H21N3OS/c25-21(19-14-16-5-3-7-18(16)26-19)24-12-10-23(11-13-24)20-9-8-15-4-1-2-6-17(15)22-20/h1-2,4,6,8-9,14H,3,5,7,10-13H2. The Balaban J connectivity index is 1.28. The number of amides is 1. The lowest BCUT2D eigenvalue weighted by Crippen LogP contribution is -2.48. The van der Waals surface area contributed by atoms with Gasteiger partial charge in [-0.1, -0.05) is 18.2 Å². The van der Waals surface area contributed by atoms with Crippen LogP contribution in [0.25, 0.3) is 10.9 Å². The Morgan fingerprint density at radius 2 is 1.85 bits per heavy atom. The Morgan fingerprint density at radius 3 is 2.69 bits per heavy atom. The topological polar surface area (TPSA) is 36.4 Å². The van der Waals surface area contributed by atoms with Crippen molar-refractivity contribution in [3.8, 4) is 0 Å². The quantitative estimate of drug-likeness (QED) is 0.696. The molecule has 0 N–H and O–H groups in total. The van der Waals surface area contributed by atoms with Crippen LogP contribution < -0.4 is 4.90 Å². The zero-order valence-corrected chi connectivity index (χ0v) is 15.5. The van der Waals surface area contributed by atoms with Crippen molar-refractivity contribution in [3.05, 3.63) is 57.8 Å². The molecule has 5 heteroatoms. The fraction of sp³-hybridized carbons (Fsp3) is 0.333. The van der Waals surface area contributed by atoms with Gasteiger partial charge in [0.25, 0.3) is 5.91 Å². The van der Waals surface area contributed by atoms with E-state index >= 15 is 0 Å². The molecule has 1 saturated heterocycles. The van der Waals surface area contributed by atoms with Crippen molar-refractivity contribution < 1.29 is 4.79 Å². The summed E-state index contributed by atoms with van der Waals surface area (Å²) in [6.45, 7) is 3.19. The van der Waals surface area contributed by atoms with Crippen molar-refractivity contribution in [1.82, 2.24) is 9.88 Å². The predicted molar refractivity (Wildman–Crippen MR) is 106 cm³/mol. The minimum atomic E-state index is 0.204. The van der Waals surface area contributed by atoms with Gasteiger partial charge >= 0.3 is 0 Å². The summed E-state index contributed by atoms with van der Waals surface area (Å²) in [5.41, 5.74) is 2.42. The molecule has 0 spiro atoms. The molecule has 26 heavy (non-hydrogen) atoms. The van der Waals surface area contributed by atoms with Crippen LogP contribution in [-0.2, 0) is 12.8 Å². The second-order valence-electron chi connectivity index (χ2n) is 7.05. The number of aromatic nitrogens is 1. The largest absolute Gasteiger partial charge is 0.353 e. The van der Waals surface area contributed by atoms with Crippen LogP contribution in [-0.4, -0.2) is 42.0 Å². The van der Waals surface area contributed by atoms with E-state index in [0.29, 0.717) is 0 Å². The molecule has 0 bridgehead atoms. The second-order valence-corrected chi connectivity index (χ2v) is 8.19. The third-order valence-electron chi connectivity index (χ3n) is 5.43. The summed E-state index contributed by atoms with van der Waals surface area (Å²) >= 11 is 1.71. The second kappa shape index (κ2) is 6.40. The number of carbonyl (C=O) groups is 1. The number of thiophene rings is 1. The summed E-state index contributed by atoms with van der Waals surface area (Å²) in [4.78, 5) is 24.2. The number of hydrogen-bond donors (Lipinski definition) is 0. The molecule has 1 aromatic carbocycles. The number of aryl methyl sites for hydroxylation is 2. The Kier molecular flexibility index (Phi) is 3.89. The van der Waals surface area contributed by atoms with Gasteiger partial charge in [0.15, 0.2) is 0 Å². The number of nitrogens with zero attached hydrogens (tertiary/aromatic N) is 3. The van der Waals surface area contributed by atoms with E-state index in [-0.39, 0.29) is 5.91 Å². The number of carbonyl (C=O) groups excluding carboxylic acids is 1. The van der Waals surface area contributed by atoms with Gasteiger partial charge in [0.05, 0.1) is 10.4 Å². The summed E-state index contributed by atoms with van der Waals surface area (Å²) in [7, 11) is 0. The summed E-state index contributed by atoms with van der Waals surface area (Å²) in [6, 6.07) is 14.5. The van der Waals surface area contributed by atoms with Crippen LogP contribution in [0.2, 0.25) is 0 Å². The number of hydrogen-bond acceptors (Lipinski definition) is 4. The van der Waals surface area contributed by atoms with Crippen LogP contribution in [0, 0.1) is 0 Å². The average Bonchev–Trinajstić information content (AvgIpc) is 3.29. The molecular weight excluding hydrogens is 342 g/mol. The van der Waals surface area contributed by atoms with E-state index in [1.54, 1.807) is 11.3 Å². The molecule has 5 rings (SSSR count). The number of para-hydroxylation sites is 1. The van der Waals surface area contributed by atoms with Crippen molar-refractivity contribution in [3.63, 3.8) is 0 Å². The molecule has 0 atom stereocenters. The van der Waals surface area contributed by atoms with Crippen LogP contribution in [0.5, 0.6) is 0 Å². The Bertz CT molecular complexity index is 951. The number of benzene rings is 1. The van der Waals surface area contributed by atoms with Gasteiger partial charge in [-0.25, -0.2) is 4.98 Å². The van der Waals surface area contributed by atoms with Crippen LogP contribution in [0.4, 0.5) is 5.82 Å². The highest BCUT2D eigenvalue weighted by Crippen LogP contribution is 2.31. The minimum Gasteiger partial charge on any atom is -0.353 e. The first-order chi connectivity index (χ1) is 12.8. The van der Waals surface area contributed by atoms with Crippen molar-refractivity contribution in [2.45, 2.75) is 19.3 Å². The van der Waals surface area contributed by atoms with Crippen molar-refractivity contribution in [1.29, 1.82) is 0 Å². The van der Waals surface area contributed by atoms with Gasteiger partial charge in [0.2, 0.25) is 0 Å². The first-order valence-corrected chi connectivity index (χ1v) is 10.1. The molecule has 0 unspecified atom stereocenters. The van der Waals surface area contributed by atoms with Crippen LogP contribution in [0.3, 0.4) is 0 Å². The highest BCUT2D eigenvalue weighted by atomic mass is 32.1. The maximum atomic E-state index is 12.8. The molecule has 1 aliphatic carbocycles. The van der Waals surface area contributed by atoms with Crippen molar-refractivity contribution in [2.24, 2.45) is 0 Å². The number of pyridine rings is 1. The van der Waals surface area contributed by atoms with Gasteiger partial charge in [-0.2, -0.15) is 0 Å². The Labute approximate surface area is 157 Å². The first-order valence-electron chi connectivity index (χ1n) is 9.29. The maximum Gasteiger partial charge on any atom is 0.264 e. The molecule has 1 aliphatic heterocycles. The fourth-order valence-electron chi connectivity index (χ4n) is 3.96. The van der Waals surface area contributed by atoms with E-state index in [2.05, 4.69) is 35.2 Å². The molecule has 0 saturated carbocycles. The molecule has 3 heterocycles. The van der Waals surface area contributed by atoms with Crippen molar-refractivity contribution >= 4 is 34.0 Å². The van der Waals surface area contributed by atoms with Gasteiger partial charge in [0.1, 0.15) is 5.82 Å². The van der Waals surface area contributed by atoms with E-state index in [1.165, 1.54) is 16.9 Å². The summed E-state index contributed by atoms with van der Waals surface area (Å²) in [6.07, 6.45) is 3.53.